The molecule has 1 aliphatic heterocycles. The lowest BCUT2D eigenvalue weighted by Gasteiger charge is -1.97. The highest BCUT2D eigenvalue weighted by Crippen LogP contribution is 2.16. The largest absolute Gasteiger partial charge is 0.463 e. The van der Waals surface area contributed by atoms with Gasteiger partial charge < -0.3 is 10.1 Å². The highest BCUT2D eigenvalue weighted by atomic mass is 32.2. The Bertz CT molecular complexity index is 171. The average molecular weight is 173 g/mol. The molecule has 0 atom stereocenters. The molecule has 1 aliphatic rings. The Morgan fingerprint density at radius 2 is 2.73 bits per heavy atom. The molecule has 1 rings (SSSR count). The lowest BCUT2D eigenvalue weighted by molar-refractivity contribution is -0.137. The van der Waals surface area contributed by atoms with Crippen molar-refractivity contribution in [2.75, 3.05) is 18.9 Å². The minimum Gasteiger partial charge on any atom is -0.463 e. The number of thioether (sulfide) groups is 1. The summed E-state index contributed by atoms with van der Waals surface area (Å²) in [5, 5.41) is 3.99. The predicted octanol–water partition coefficient (Wildman–Crippen LogP) is 0.727. The van der Waals surface area contributed by atoms with E-state index in [-0.39, 0.29) is 5.97 Å². The van der Waals surface area contributed by atoms with Gasteiger partial charge in [-0.3, -0.25) is 0 Å². The molecule has 0 saturated carbocycles. The minimum absolute atomic E-state index is 0.260. The van der Waals surface area contributed by atoms with Crippen LogP contribution in [0, 0.1) is 0 Å². The van der Waals surface area contributed by atoms with Gasteiger partial charge in [0, 0.05) is 12.3 Å². The summed E-state index contributed by atoms with van der Waals surface area (Å²) in [5.41, 5.74) is 0. The van der Waals surface area contributed by atoms with Gasteiger partial charge >= 0.3 is 5.97 Å². The first kappa shape index (κ1) is 8.46. The third kappa shape index (κ3) is 2.84. The van der Waals surface area contributed by atoms with E-state index in [0.29, 0.717) is 6.61 Å². The fourth-order valence-corrected chi connectivity index (χ4v) is 1.58. The number of nitrogens with one attached hydrogen (secondary N) is 1. The van der Waals surface area contributed by atoms with Crippen LogP contribution in [-0.2, 0) is 9.53 Å². The summed E-state index contributed by atoms with van der Waals surface area (Å²) < 4.78 is 4.74. The Hall–Kier alpha value is -0.640. The number of ether oxygens (including phenoxy) is 1. The summed E-state index contributed by atoms with van der Waals surface area (Å²) >= 11 is 1.65. The lowest BCUT2D eigenvalue weighted by Crippen LogP contribution is -2.07. The zero-order valence-corrected chi connectivity index (χ0v) is 7.24. The van der Waals surface area contributed by atoms with Crippen LogP contribution in [-0.4, -0.2) is 24.9 Å². The standard InChI is InChI=1S/C7H11NO2S/c1-2-10-7(9)5-6-8-3-4-11-6/h5,8H,2-4H2,1H3/b6-5+. The van der Waals surface area contributed by atoms with Gasteiger partial charge in [0.1, 0.15) is 0 Å². The van der Waals surface area contributed by atoms with Crippen LogP contribution in [0.2, 0.25) is 0 Å². The number of rotatable bonds is 2. The van der Waals surface area contributed by atoms with Gasteiger partial charge in [0.25, 0.3) is 0 Å². The molecule has 0 aromatic rings. The Labute approximate surface area is 70.2 Å². The molecule has 1 saturated heterocycles. The zero-order chi connectivity index (χ0) is 8.10. The van der Waals surface area contributed by atoms with Crippen LogP contribution in [0.15, 0.2) is 11.1 Å². The highest BCUT2D eigenvalue weighted by Gasteiger charge is 2.07. The quantitative estimate of drug-likeness (QED) is 0.493. The topological polar surface area (TPSA) is 38.3 Å². The molecule has 3 nitrogen and oxygen atoms in total. The number of hydrogen-bond acceptors (Lipinski definition) is 4. The van der Waals surface area contributed by atoms with Gasteiger partial charge in [-0.2, -0.15) is 0 Å². The van der Waals surface area contributed by atoms with Crippen molar-refractivity contribution in [2.24, 2.45) is 0 Å². The predicted molar refractivity (Wildman–Crippen MR) is 45.2 cm³/mol. The van der Waals surface area contributed by atoms with Gasteiger partial charge in [0.15, 0.2) is 0 Å². The van der Waals surface area contributed by atoms with E-state index in [1.54, 1.807) is 18.7 Å². The van der Waals surface area contributed by atoms with Crippen LogP contribution in [0.4, 0.5) is 0 Å². The second-order valence-electron chi connectivity index (χ2n) is 2.04. The molecule has 0 spiro atoms. The van der Waals surface area contributed by atoms with E-state index in [4.69, 9.17) is 4.74 Å². The fourth-order valence-electron chi connectivity index (χ4n) is 0.770. The maximum absolute atomic E-state index is 10.8. The Morgan fingerprint density at radius 3 is 3.27 bits per heavy atom. The summed E-state index contributed by atoms with van der Waals surface area (Å²) in [4.78, 5) is 10.8. The molecule has 0 amide bonds. The van der Waals surface area contributed by atoms with Gasteiger partial charge in [0.2, 0.25) is 0 Å². The van der Waals surface area contributed by atoms with Crippen molar-refractivity contribution in [3.05, 3.63) is 11.1 Å². The van der Waals surface area contributed by atoms with Crippen LogP contribution >= 0.6 is 11.8 Å². The third-order valence-electron chi connectivity index (χ3n) is 1.19. The van der Waals surface area contributed by atoms with Crippen molar-refractivity contribution in [1.82, 2.24) is 5.32 Å². The number of hydrogen-bond donors (Lipinski definition) is 1. The number of carbonyl (C=O) groups excluding carboxylic acids is 1. The minimum atomic E-state index is -0.260. The average Bonchev–Trinajstić information content (AvgIpc) is 2.40. The number of carbonyl (C=O) groups is 1. The summed E-state index contributed by atoms with van der Waals surface area (Å²) in [5.74, 6) is 0.773. The van der Waals surface area contributed by atoms with E-state index in [0.717, 1.165) is 17.3 Å². The first-order valence-electron chi connectivity index (χ1n) is 3.58. The van der Waals surface area contributed by atoms with Crippen molar-refractivity contribution in [2.45, 2.75) is 6.92 Å². The Morgan fingerprint density at radius 1 is 1.91 bits per heavy atom. The van der Waals surface area contributed by atoms with Crippen molar-refractivity contribution in [1.29, 1.82) is 0 Å². The van der Waals surface area contributed by atoms with E-state index in [2.05, 4.69) is 5.32 Å². The normalized spacial score (nSPS) is 19.9. The monoisotopic (exact) mass is 173 g/mol. The van der Waals surface area contributed by atoms with Crippen molar-refractivity contribution in [3.8, 4) is 0 Å². The van der Waals surface area contributed by atoms with Crippen LogP contribution in [0.25, 0.3) is 0 Å². The maximum Gasteiger partial charge on any atom is 0.333 e. The SMILES string of the molecule is CCOC(=O)/C=C1\NCCS1. The summed E-state index contributed by atoms with van der Waals surface area (Å²) in [6.45, 7) is 3.18. The maximum atomic E-state index is 10.8. The van der Waals surface area contributed by atoms with Crippen molar-refractivity contribution < 1.29 is 9.53 Å². The first-order chi connectivity index (χ1) is 5.33. The Kier molecular flexibility index (Phi) is 3.29. The molecule has 0 aromatic carbocycles. The van der Waals surface area contributed by atoms with Crippen molar-refractivity contribution in [3.63, 3.8) is 0 Å². The van der Waals surface area contributed by atoms with E-state index < -0.39 is 0 Å². The molecular weight excluding hydrogens is 162 g/mol. The highest BCUT2D eigenvalue weighted by molar-refractivity contribution is 8.03. The van der Waals surface area contributed by atoms with E-state index in [1.165, 1.54) is 6.08 Å². The lowest BCUT2D eigenvalue weighted by atomic mass is 10.6. The zero-order valence-electron chi connectivity index (χ0n) is 6.42. The molecule has 1 N–H and O–H groups in total. The third-order valence-corrected chi connectivity index (χ3v) is 2.18. The van der Waals surface area contributed by atoms with E-state index in [9.17, 15) is 4.79 Å². The molecule has 0 unspecified atom stereocenters. The second-order valence-corrected chi connectivity index (χ2v) is 3.17. The van der Waals surface area contributed by atoms with E-state index >= 15 is 0 Å². The molecule has 62 valence electrons. The van der Waals surface area contributed by atoms with Crippen LogP contribution in [0.3, 0.4) is 0 Å². The molecule has 1 fully saturated rings. The Balaban J connectivity index is 2.36. The van der Waals surface area contributed by atoms with Gasteiger partial charge in [-0.1, -0.05) is 0 Å². The van der Waals surface area contributed by atoms with Crippen LogP contribution < -0.4 is 5.32 Å². The van der Waals surface area contributed by atoms with Gasteiger partial charge in [-0.05, 0) is 6.92 Å². The molecule has 0 aliphatic carbocycles. The summed E-state index contributed by atoms with van der Waals surface area (Å²) in [6, 6.07) is 0. The molecule has 1 heterocycles. The second kappa shape index (κ2) is 4.28. The molecule has 0 aromatic heterocycles. The fraction of sp³-hybridized carbons (Fsp3) is 0.571. The first-order valence-corrected chi connectivity index (χ1v) is 4.56. The van der Waals surface area contributed by atoms with Crippen molar-refractivity contribution >= 4 is 17.7 Å². The molecule has 0 radical (unpaired) electrons. The smallest absolute Gasteiger partial charge is 0.333 e. The van der Waals surface area contributed by atoms with Gasteiger partial charge in [0.05, 0.1) is 17.7 Å². The molecule has 4 heteroatoms. The summed E-state index contributed by atoms with van der Waals surface area (Å²) in [7, 11) is 0. The molecule has 11 heavy (non-hydrogen) atoms. The molecule has 0 bridgehead atoms. The molecular formula is C7H11NO2S. The van der Waals surface area contributed by atoms with Gasteiger partial charge in [-0.15, -0.1) is 11.8 Å². The van der Waals surface area contributed by atoms with Crippen LogP contribution in [0.1, 0.15) is 6.92 Å². The summed E-state index contributed by atoms with van der Waals surface area (Å²) in [6.07, 6.45) is 1.50. The van der Waals surface area contributed by atoms with Gasteiger partial charge in [-0.25, -0.2) is 4.79 Å². The van der Waals surface area contributed by atoms with E-state index in [1.807, 2.05) is 0 Å². The number of esters is 1. The van der Waals surface area contributed by atoms with Crippen LogP contribution in [0.5, 0.6) is 0 Å².